The van der Waals surface area contributed by atoms with Crippen LogP contribution in [0.4, 0.5) is 5.69 Å². The van der Waals surface area contributed by atoms with Gasteiger partial charge in [-0.3, -0.25) is 9.78 Å². The summed E-state index contributed by atoms with van der Waals surface area (Å²) in [6.07, 6.45) is 4.87. The van der Waals surface area contributed by atoms with Crippen molar-refractivity contribution < 1.29 is 19.0 Å². The van der Waals surface area contributed by atoms with E-state index in [4.69, 9.17) is 38.0 Å². The second kappa shape index (κ2) is 12.7. The SMILES string of the molecule is COc1c(Cl)cccc1NC(=S)C1=C(NCc2ccncc2OCCC(C)OC)CC(C)NC1=O. The molecule has 8 nitrogen and oxygen atoms in total. The van der Waals surface area contributed by atoms with Crippen molar-refractivity contribution in [3.05, 3.63) is 58.5 Å². The number of methoxy groups -OCH3 is 2. The summed E-state index contributed by atoms with van der Waals surface area (Å²) < 4.78 is 16.6. The number of hydrogen-bond donors (Lipinski definition) is 3. The number of halogens is 1. The van der Waals surface area contributed by atoms with Crippen LogP contribution in [0.25, 0.3) is 0 Å². The molecule has 1 aromatic carbocycles. The standard InChI is InChI=1S/C25H31ClN4O4S/c1-15-12-20(28-13-17-8-10-27-14-21(17)34-11-9-16(2)32-3)22(24(31)29-15)25(35)30-19-7-5-6-18(26)23(19)33-4/h5-8,10,14-16,28H,9,11-13H2,1-4H3,(H,29,31)(H,30,35). The van der Waals surface area contributed by atoms with Gasteiger partial charge in [0.2, 0.25) is 0 Å². The fraction of sp³-hybridized carbons (Fsp3) is 0.400. The maximum Gasteiger partial charge on any atom is 0.256 e. The fourth-order valence-corrected chi connectivity index (χ4v) is 4.21. The van der Waals surface area contributed by atoms with Gasteiger partial charge in [-0.2, -0.15) is 0 Å². The molecule has 0 fully saturated rings. The minimum atomic E-state index is -0.246. The Labute approximate surface area is 216 Å². The average Bonchev–Trinajstić information content (AvgIpc) is 2.83. The van der Waals surface area contributed by atoms with E-state index in [1.54, 1.807) is 37.7 Å². The van der Waals surface area contributed by atoms with Crippen molar-refractivity contribution in [1.82, 2.24) is 15.6 Å². The Morgan fingerprint density at radius 2 is 2.14 bits per heavy atom. The largest absolute Gasteiger partial charge is 0.493 e. The number of ether oxygens (including phenoxy) is 3. The summed E-state index contributed by atoms with van der Waals surface area (Å²) in [4.78, 5) is 17.4. The molecule has 3 rings (SSSR count). The first kappa shape index (κ1) is 26.7. The van der Waals surface area contributed by atoms with Gasteiger partial charge in [0.15, 0.2) is 5.75 Å². The van der Waals surface area contributed by atoms with E-state index in [-0.39, 0.29) is 23.0 Å². The zero-order valence-corrected chi connectivity index (χ0v) is 21.9. The van der Waals surface area contributed by atoms with E-state index in [9.17, 15) is 4.79 Å². The van der Waals surface area contributed by atoms with Gasteiger partial charge in [-0.1, -0.05) is 29.9 Å². The number of para-hydroxylation sites is 1. The topological polar surface area (TPSA) is 93.7 Å². The number of nitrogens with zero attached hydrogens (tertiary/aromatic N) is 1. The quantitative estimate of drug-likeness (QED) is 0.380. The fourth-order valence-electron chi connectivity index (χ4n) is 3.63. The van der Waals surface area contributed by atoms with E-state index in [1.807, 2.05) is 19.9 Å². The highest BCUT2D eigenvalue weighted by atomic mass is 35.5. The predicted octanol–water partition coefficient (Wildman–Crippen LogP) is 4.24. The minimum absolute atomic E-state index is 0.0408. The Morgan fingerprint density at radius 3 is 2.89 bits per heavy atom. The average molecular weight is 519 g/mol. The van der Waals surface area contributed by atoms with Crippen LogP contribution in [-0.2, 0) is 16.1 Å². The van der Waals surface area contributed by atoms with Crippen LogP contribution in [0.2, 0.25) is 5.02 Å². The number of rotatable bonds is 11. The molecule has 2 atom stereocenters. The highest BCUT2D eigenvalue weighted by Crippen LogP contribution is 2.33. The van der Waals surface area contributed by atoms with Gasteiger partial charge in [-0.05, 0) is 32.0 Å². The number of carbonyl (C=O) groups excluding carboxylic acids is 1. The van der Waals surface area contributed by atoms with Crippen molar-refractivity contribution in [2.45, 2.75) is 45.4 Å². The summed E-state index contributed by atoms with van der Waals surface area (Å²) in [6.45, 7) is 4.90. The molecule has 0 aliphatic carbocycles. The lowest BCUT2D eigenvalue weighted by Crippen LogP contribution is -2.44. The van der Waals surface area contributed by atoms with Crippen LogP contribution in [0.15, 0.2) is 47.9 Å². The number of pyridine rings is 1. The van der Waals surface area contributed by atoms with E-state index in [0.717, 1.165) is 17.7 Å². The van der Waals surface area contributed by atoms with Gasteiger partial charge < -0.3 is 30.2 Å². The second-order valence-corrected chi connectivity index (χ2v) is 9.04. The molecule has 2 unspecified atom stereocenters. The molecule has 35 heavy (non-hydrogen) atoms. The molecule has 1 amide bonds. The molecular formula is C25H31ClN4O4S. The second-order valence-electron chi connectivity index (χ2n) is 8.23. The van der Waals surface area contributed by atoms with E-state index in [2.05, 4.69) is 20.9 Å². The van der Waals surface area contributed by atoms with Crippen LogP contribution in [-0.4, -0.2) is 48.9 Å². The molecule has 0 radical (unpaired) electrons. The summed E-state index contributed by atoms with van der Waals surface area (Å²) in [5.41, 5.74) is 2.63. The summed E-state index contributed by atoms with van der Waals surface area (Å²) in [7, 11) is 3.21. The van der Waals surface area contributed by atoms with Crippen molar-refractivity contribution in [2.24, 2.45) is 0 Å². The highest BCUT2D eigenvalue weighted by Gasteiger charge is 2.28. The third kappa shape index (κ3) is 7.06. The zero-order chi connectivity index (χ0) is 25.4. The van der Waals surface area contributed by atoms with Crippen molar-refractivity contribution in [1.29, 1.82) is 0 Å². The number of carbonyl (C=O) groups is 1. The number of hydrogen-bond acceptors (Lipinski definition) is 7. The molecule has 10 heteroatoms. The van der Waals surface area contributed by atoms with Gasteiger partial charge >= 0.3 is 0 Å². The first-order valence-corrected chi connectivity index (χ1v) is 12.1. The Hall–Kier alpha value is -2.88. The summed E-state index contributed by atoms with van der Waals surface area (Å²) in [5.74, 6) is 0.894. The predicted molar refractivity (Wildman–Crippen MR) is 141 cm³/mol. The summed E-state index contributed by atoms with van der Waals surface area (Å²) >= 11 is 11.9. The lowest BCUT2D eigenvalue weighted by molar-refractivity contribution is -0.118. The normalized spacial score (nSPS) is 16.4. The van der Waals surface area contributed by atoms with Crippen LogP contribution in [0, 0.1) is 0 Å². The molecule has 188 valence electrons. The van der Waals surface area contributed by atoms with E-state index >= 15 is 0 Å². The number of aromatic nitrogens is 1. The number of anilines is 1. The molecular weight excluding hydrogens is 488 g/mol. The number of nitrogens with one attached hydrogen (secondary N) is 3. The molecule has 0 bridgehead atoms. The first-order valence-electron chi connectivity index (χ1n) is 11.3. The van der Waals surface area contributed by atoms with Gasteiger partial charge in [0.05, 0.1) is 42.3 Å². The molecule has 1 aliphatic heterocycles. The molecule has 2 aromatic rings. The first-order chi connectivity index (χ1) is 16.8. The highest BCUT2D eigenvalue weighted by molar-refractivity contribution is 7.81. The van der Waals surface area contributed by atoms with Crippen molar-refractivity contribution in [3.8, 4) is 11.5 Å². The number of amides is 1. The molecule has 0 saturated heterocycles. The molecule has 0 saturated carbocycles. The number of benzene rings is 1. The van der Waals surface area contributed by atoms with E-state index in [1.165, 1.54) is 7.11 Å². The van der Waals surface area contributed by atoms with E-state index in [0.29, 0.717) is 47.4 Å². The smallest absolute Gasteiger partial charge is 0.256 e. The van der Waals surface area contributed by atoms with Gasteiger partial charge in [0.25, 0.3) is 5.91 Å². The Kier molecular flexibility index (Phi) is 9.71. The van der Waals surface area contributed by atoms with E-state index < -0.39 is 0 Å². The summed E-state index contributed by atoms with van der Waals surface area (Å²) in [5, 5.41) is 9.92. The van der Waals surface area contributed by atoms with Crippen LogP contribution in [0.5, 0.6) is 11.5 Å². The van der Waals surface area contributed by atoms with Crippen molar-refractivity contribution in [2.75, 3.05) is 26.1 Å². The number of thiocarbonyl (C=S) groups is 1. The monoisotopic (exact) mass is 518 g/mol. The summed E-state index contributed by atoms with van der Waals surface area (Å²) in [6, 6.07) is 7.15. The third-order valence-corrected chi connectivity index (χ3v) is 6.21. The Balaban J connectivity index is 1.79. The van der Waals surface area contributed by atoms with Crippen LogP contribution in [0.1, 0.15) is 32.3 Å². The minimum Gasteiger partial charge on any atom is -0.493 e. The maximum absolute atomic E-state index is 12.9. The van der Waals surface area contributed by atoms with Gasteiger partial charge in [0, 0.05) is 50.0 Å². The molecule has 0 spiro atoms. The lowest BCUT2D eigenvalue weighted by Gasteiger charge is -2.27. The van der Waals surface area contributed by atoms with Gasteiger partial charge in [-0.25, -0.2) is 0 Å². The molecule has 2 heterocycles. The Bertz CT molecular complexity index is 1090. The zero-order valence-electron chi connectivity index (χ0n) is 20.3. The van der Waals surface area contributed by atoms with Crippen LogP contribution >= 0.6 is 23.8 Å². The Morgan fingerprint density at radius 1 is 1.34 bits per heavy atom. The third-order valence-electron chi connectivity index (χ3n) is 5.61. The molecule has 1 aromatic heterocycles. The molecule has 3 N–H and O–H groups in total. The van der Waals surface area contributed by atoms with Crippen molar-refractivity contribution in [3.63, 3.8) is 0 Å². The maximum atomic E-state index is 12.9. The van der Waals surface area contributed by atoms with Crippen molar-refractivity contribution >= 4 is 40.4 Å². The molecule has 1 aliphatic rings. The van der Waals surface area contributed by atoms with Gasteiger partial charge in [0.1, 0.15) is 10.7 Å². The van der Waals surface area contributed by atoms with Crippen LogP contribution in [0.3, 0.4) is 0 Å². The van der Waals surface area contributed by atoms with Crippen LogP contribution < -0.4 is 25.4 Å². The van der Waals surface area contributed by atoms with Gasteiger partial charge in [-0.15, -0.1) is 0 Å². The lowest BCUT2D eigenvalue weighted by atomic mass is 10.0.